The zero-order valence-electron chi connectivity index (χ0n) is 19.9. The molecular formula is C25H52N2O. The Balaban J connectivity index is 3.64. The second-order valence-electron chi connectivity index (χ2n) is 9.05. The van der Waals surface area contributed by atoms with Crippen molar-refractivity contribution in [3.05, 3.63) is 0 Å². The molecule has 0 rings (SSSR count). The van der Waals surface area contributed by atoms with Gasteiger partial charge in [-0.25, -0.2) is 0 Å². The molecule has 168 valence electrons. The monoisotopic (exact) mass is 396 g/mol. The van der Waals surface area contributed by atoms with Crippen LogP contribution in [0.2, 0.25) is 0 Å². The van der Waals surface area contributed by atoms with E-state index in [0.29, 0.717) is 0 Å². The van der Waals surface area contributed by atoms with Crippen LogP contribution in [0.3, 0.4) is 0 Å². The van der Waals surface area contributed by atoms with Crippen LogP contribution >= 0.6 is 0 Å². The summed E-state index contributed by atoms with van der Waals surface area (Å²) in [6.07, 6.45) is 21.0. The normalized spacial score (nSPS) is 13.8. The molecule has 0 aromatic rings. The maximum Gasteiger partial charge on any atom is 0.223 e. The van der Waals surface area contributed by atoms with Gasteiger partial charge in [0.2, 0.25) is 5.91 Å². The first-order valence-corrected chi connectivity index (χ1v) is 12.5. The minimum Gasteiger partial charge on any atom is -0.369 e. The molecule has 0 fully saturated rings. The molecule has 0 aromatic carbocycles. The number of nitrogens with zero attached hydrogens (tertiary/aromatic N) is 1. The molecule has 0 aliphatic rings. The first-order valence-electron chi connectivity index (χ1n) is 12.5. The molecular weight excluding hydrogens is 344 g/mol. The second-order valence-corrected chi connectivity index (χ2v) is 9.05. The van der Waals surface area contributed by atoms with Gasteiger partial charge in [0.1, 0.15) is 0 Å². The molecule has 3 nitrogen and oxygen atoms in total. The first-order chi connectivity index (χ1) is 13.5. The summed E-state index contributed by atoms with van der Waals surface area (Å²) in [5.41, 5.74) is 5.40. The van der Waals surface area contributed by atoms with E-state index < -0.39 is 0 Å². The van der Waals surface area contributed by atoms with Gasteiger partial charge in [-0.3, -0.25) is 4.79 Å². The van der Waals surface area contributed by atoms with Crippen molar-refractivity contribution >= 4 is 5.91 Å². The van der Waals surface area contributed by atoms with Crippen LogP contribution < -0.4 is 5.73 Å². The Morgan fingerprint density at radius 2 is 1.07 bits per heavy atom. The number of unbranched alkanes of at least 4 members (excludes halogenated alkanes) is 13. The topological polar surface area (TPSA) is 46.3 Å². The fraction of sp³-hybridized carbons (Fsp3) is 0.960. The van der Waals surface area contributed by atoms with Crippen LogP contribution in [0.5, 0.6) is 0 Å². The molecule has 0 aliphatic heterocycles. The van der Waals surface area contributed by atoms with Crippen LogP contribution in [0.15, 0.2) is 0 Å². The lowest BCUT2D eigenvalue weighted by Gasteiger charge is -2.29. The van der Waals surface area contributed by atoms with Gasteiger partial charge in [-0.2, -0.15) is 0 Å². The third-order valence-corrected chi connectivity index (χ3v) is 6.55. The van der Waals surface area contributed by atoms with E-state index in [4.69, 9.17) is 5.73 Å². The van der Waals surface area contributed by atoms with Gasteiger partial charge in [0.25, 0.3) is 0 Å². The lowest BCUT2D eigenvalue weighted by molar-refractivity contribution is -0.127. The Bertz CT molecular complexity index is 354. The third-order valence-electron chi connectivity index (χ3n) is 6.55. The molecule has 1 amide bonds. The molecule has 1 unspecified atom stereocenters. The SMILES string of the molecule is CCCCCCCCCCCCCCCCC(C)(CCN(CC)CC)C(N)=O. The van der Waals surface area contributed by atoms with Gasteiger partial charge in [0.15, 0.2) is 0 Å². The van der Waals surface area contributed by atoms with Crippen LogP contribution in [-0.2, 0) is 4.79 Å². The predicted octanol–water partition coefficient (Wildman–Crippen LogP) is 7.08. The van der Waals surface area contributed by atoms with Gasteiger partial charge in [-0.05, 0) is 32.5 Å². The smallest absolute Gasteiger partial charge is 0.223 e. The van der Waals surface area contributed by atoms with Crippen molar-refractivity contribution < 1.29 is 4.79 Å². The molecule has 3 heteroatoms. The number of carbonyl (C=O) groups is 1. The Hall–Kier alpha value is -0.570. The van der Waals surface area contributed by atoms with Crippen molar-refractivity contribution in [2.24, 2.45) is 11.1 Å². The molecule has 0 radical (unpaired) electrons. The lowest BCUT2D eigenvalue weighted by atomic mass is 9.80. The fourth-order valence-corrected chi connectivity index (χ4v) is 4.03. The third kappa shape index (κ3) is 14.4. The largest absolute Gasteiger partial charge is 0.369 e. The van der Waals surface area contributed by atoms with Crippen LogP contribution in [-0.4, -0.2) is 30.4 Å². The zero-order chi connectivity index (χ0) is 21.1. The molecule has 0 aliphatic carbocycles. The average Bonchev–Trinajstić information content (AvgIpc) is 2.69. The van der Waals surface area contributed by atoms with Crippen molar-refractivity contribution in [2.75, 3.05) is 19.6 Å². The van der Waals surface area contributed by atoms with Crippen molar-refractivity contribution in [3.8, 4) is 0 Å². The lowest BCUT2D eigenvalue weighted by Crippen LogP contribution is -2.38. The number of hydrogen-bond donors (Lipinski definition) is 1. The molecule has 0 heterocycles. The summed E-state index contributed by atoms with van der Waals surface area (Å²) in [4.78, 5) is 14.4. The molecule has 0 saturated carbocycles. The summed E-state index contributed by atoms with van der Waals surface area (Å²) in [5.74, 6) is -0.116. The summed E-state index contributed by atoms with van der Waals surface area (Å²) >= 11 is 0. The fourth-order valence-electron chi connectivity index (χ4n) is 4.03. The predicted molar refractivity (Wildman–Crippen MR) is 125 cm³/mol. The Morgan fingerprint density at radius 1 is 0.679 bits per heavy atom. The molecule has 2 N–H and O–H groups in total. The second kappa shape index (κ2) is 18.5. The molecule has 0 bridgehead atoms. The summed E-state index contributed by atoms with van der Waals surface area (Å²) < 4.78 is 0. The van der Waals surface area contributed by atoms with Crippen molar-refractivity contribution in [3.63, 3.8) is 0 Å². The van der Waals surface area contributed by atoms with E-state index in [2.05, 4.69) is 32.6 Å². The summed E-state index contributed by atoms with van der Waals surface area (Å²) in [5, 5.41) is 0. The van der Waals surface area contributed by atoms with Gasteiger partial charge in [0, 0.05) is 5.41 Å². The van der Waals surface area contributed by atoms with E-state index in [0.717, 1.165) is 38.9 Å². The van der Waals surface area contributed by atoms with Crippen LogP contribution in [0, 0.1) is 5.41 Å². The van der Waals surface area contributed by atoms with E-state index in [9.17, 15) is 4.79 Å². The number of rotatable bonds is 21. The van der Waals surface area contributed by atoms with Crippen molar-refractivity contribution in [2.45, 2.75) is 130 Å². The Morgan fingerprint density at radius 3 is 1.43 bits per heavy atom. The number of carbonyl (C=O) groups excluding carboxylic acids is 1. The number of nitrogens with two attached hydrogens (primary N) is 1. The highest BCUT2D eigenvalue weighted by molar-refractivity contribution is 5.80. The number of amides is 1. The highest BCUT2D eigenvalue weighted by Gasteiger charge is 2.30. The highest BCUT2D eigenvalue weighted by atomic mass is 16.1. The van der Waals surface area contributed by atoms with E-state index >= 15 is 0 Å². The van der Waals surface area contributed by atoms with E-state index in [1.54, 1.807) is 0 Å². The maximum absolute atomic E-state index is 12.0. The summed E-state index contributed by atoms with van der Waals surface area (Å²) in [6, 6.07) is 0. The average molecular weight is 397 g/mol. The van der Waals surface area contributed by atoms with E-state index in [-0.39, 0.29) is 11.3 Å². The minimum absolute atomic E-state index is 0.116. The van der Waals surface area contributed by atoms with Gasteiger partial charge >= 0.3 is 0 Å². The van der Waals surface area contributed by atoms with Crippen molar-refractivity contribution in [1.82, 2.24) is 4.90 Å². The Labute approximate surface area is 177 Å². The zero-order valence-corrected chi connectivity index (χ0v) is 19.9. The number of primary amides is 1. The highest BCUT2D eigenvalue weighted by Crippen LogP contribution is 2.29. The molecule has 1 atom stereocenters. The minimum atomic E-state index is -0.334. The number of hydrogen-bond acceptors (Lipinski definition) is 2. The molecule has 0 spiro atoms. The molecule has 28 heavy (non-hydrogen) atoms. The summed E-state index contributed by atoms with van der Waals surface area (Å²) in [7, 11) is 0. The van der Waals surface area contributed by atoms with Gasteiger partial charge < -0.3 is 10.6 Å². The van der Waals surface area contributed by atoms with Crippen LogP contribution in [0.4, 0.5) is 0 Å². The van der Waals surface area contributed by atoms with E-state index in [1.165, 1.54) is 83.5 Å². The molecule has 0 saturated heterocycles. The van der Waals surface area contributed by atoms with Gasteiger partial charge in [0.05, 0.1) is 0 Å². The maximum atomic E-state index is 12.0. The first kappa shape index (κ1) is 27.4. The quantitative estimate of drug-likeness (QED) is 0.211. The summed E-state index contributed by atoms with van der Waals surface area (Å²) in [6.45, 7) is 11.8. The molecule has 0 aromatic heterocycles. The van der Waals surface area contributed by atoms with Crippen molar-refractivity contribution in [1.29, 1.82) is 0 Å². The standard InChI is InChI=1S/C25H52N2O/c1-5-8-9-10-11-12-13-14-15-16-17-18-19-20-21-25(4,24(26)28)22-23-27(6-2)7-3/h5-23H2,1-4H3,(H2,26,28). The van der Waals surface area contributed by atoms with Gasteiger partial charge in [-0.15, -0.1) is 0 Å². The van der Waals surface area contributed by atoms with Crippen LogP contribution in [0.1, 0.15) is 130 Å². The van der Waals surface area contributed by atoms with Gasteiger partial charge in [-0.1, -0.05) is 118 Å². The Kier molecular flexibility index (Phi) is 18.1. The van der Waals surface area contributed by atoms with E-state index in [1.807, 2.05) is 0 Å². The van der Waals surface area contributed by atoms with Crippen LogP contribution in [0.25, 0.3) is 0 Å².